The average molecular weight is 530 g/mol. The van der Waals surface area contributed by atoms with Crippen LogP contribution in [0.5, 0.6) is 17.2 Å². The Bertz CT molecular complexity index is 1330. The van der Waals surface area contributed by atoms with E-state index in [2.05, 4.69) is 0 Å². The first kappa shape index (κ1) is 24.1. The van der Waals surface area contributed by atoms with E-state index in [0.29, 0.717) is 39.5 Å². The molecule has 5 rings (SSSR count). The van der Waals surface area contributed by atoms with Crippen LogP contribution in [0, 0.1) is 0 Å². The molecule has 10 heteroatoms. The number of carbonyl (C=O) groups is 2. The van der Waals surface area contributed by atoms with Crippen LogP contribution in [-0.2, 0) is 24.4 Å². The molecule has 8 nitrogen and oxygen atoms in total. The van der Waals surface area contributed by atoms with E-state index in [1.165, 1.54) is 0 Å². The highest BCUT2D eigenvalue weighted by molar-refractivity contribution is 6.42. The second-order valence-electron chi connectivity index (χ2n) is 8.56. The lowest BCUT2D eigenvalue weighted by atomic mass is 9.93. The number of nitrogens with zero attached hydrogens (tertiary/aromatic N) is 1. The maximum atomic E-state index is 11.6. The summed E-state index contributed by atoms with van der Waals surface area (Å²) in [6, 6.07) is 15.2. The number of carboxylic acid groups (broad SMARTS) is 2. The van der Waals surface area contributed by atoms with Crippen molar-refractivity contribution in [2.75, 3.05) is 6.61 Å². The van der Waals surface area contributed by atoms with Crippen LogP contribution in [0.25, 0.3) is 0 Å². The van der Waals surface area contributed by atoms with Crippen LogP contribution in [0.3, 0.4) is 0 Å². The van der Waals surface area contributed by atoms with Gasteiger partial charge in [0.25, 0.3) is 0 Å². The SMILES string of the molecule is O=C(O)C1Cc2cc3c(cc2CN1C(=O)O)O[C@@H](c1ccc(OCc2ccc(Cl)c(Cl)c2)cc1)CO3. The number of rotatable bonds is 5. The van der Waals surface area contributed by atoms with Crippen LogP contribution in [0.2, 0.25) is 10.0 Å². The molecular formula is C26H21Cl2NO7. The Balaban J connectivity index is 1.27. The van der Waals surface area contributed by atoms with Gasteiger partial charge in [-0.3, -0.25) is 4.90 Å². The monoisotopic (exact) mass is 529 g/mol. The summed E-state index contributed by atoms with van der Waals surface area (Å²) in [6.07, 6.45) is -1.58. The molecule has 0 spiro atoms. The number of aliphatic carboxylic acids is 1. The highest BCUT2D eigenvalue weighted by Crippen LogP contribution is 2.41. The van der Waals surface area contributed by atoms with E-state index in [0.717, 1.165) is 21.6 Å². The fourth-order valence-corrected chi connectivity index (χ4v) is 4.63. The molecule has 2 atom stereocenters. The standard InChI is InChI=1S/C26H21Cl2NO7/c27-19-6-1-14(7-20(19)28)12-34-18-4-2-15(3-5-18)24-13-35-22-9-16-8-21(25(30)31)29(26(32)33)11-17(16)10-23(22)36-24/h1-7,9-10,21,24H,8,11-13H2,(H,30,31)(H,32,33)/t21?,24-/m1/s1. The number of amides is 1. The van der Waals surface area contributed by atoms with E-state index >= 15 is 0 Å². The number of benzene rings is 3. The molecule has 0 radical (unpaired) electrons. The lowest BCUT2D eigenvalue weighted by molar-refractivity contribution is -0.143. The Hall–Kier alpha value is -3.62. The molecule has 3 aromatic carbocycles. The van der Waals surface area contributed by atoms with Gasteiger partial charge in [0.05, 0.1) is 16.6 Å². The van der Waals surface area contributed by atoms with Crippen LogP contribution in [-0.4, -0.2) is 39.8 Å². The van der Waals surface area contributed by atoms with Gasteiger partial charge in [0.15, 0.2) is 17.6 Å². The Labute approximate surface area is 216 Å². The zero-order chi connectivity index (χ0) is 25.4. The third-order valence-electron chi connectivity index (χ3n) is 6.23. The second kappa shape index (κ2) is 9.79. The molecule has 0 aromatic heterocycles. The van der Waals surface area contributed by atoms with Crippen molar-refractivity contribution >= 4 is 35.3 Å². The zero-order valence-corrected chi connectivity index (χ0v) is 20.3. The molecule has 2 N–H and O–H groups in total. The number of hydrogen-bond acceptors (Lipinski definition) is 5. The first-order valence-corrected chi connectivity index (χ1v) is 11.9. The first-order valence-electron chi connectivity index (χ1n) is 11.1. The molecule has 36 heavy (non-hydrogen) atoms. The van der Waals surface area contributed by atoms with Crippen molar-refractivity contribution in [2.24, 2.45) is 0 Å². The van der Waals surface area contributed by atoms with Crippen LogP contribution in [0.4, 0.5) is 4.79 Å². The normalized spacial score (nSPS) is 18.3. The maximum absolute atomic E-state index is 11.6. The predicted molar refractivity (Wildman–Crippen MR) is 131 cm³/mol. The molecule has 0 fully saturated rings. The number of hydrogen-bond donors (Lipinski definition) is 2. The van der Waals surface area contributed by atoms with E-state index in [1.54, 1.807) is 24.3 Å². The van der Waals surface area contributed by atoms with Crippen molar-refractivity contribution in [1.82, 2.24) is 4.90 Å². The molecule has 2 aliphatic rings. The largest absolute Gasteiger partial charge is 0.489 e. The number of ether oxygens (including phenoxy) is 3. The first-order chi connectivity index (χ1) is 17.3. The van der Waals surface area contributed by atoms with Gasteiger partial charge in [-0.25, -0.2) is 9.59 Å². The van der Waals surface area contributed by atoms with Gasteiger partial charge in [0.2, 0.25) is 0 Å². The van der Waals surface area contributed by atoms with Crippen LogP contribution in [0.15, 0.2) is 54.6 Å². The highest BCUT2D eigenvalue weighted by Gasteiger charge is 2.36. The summed E-state index contributed by atoms with van der Waals surface area (Å²) in [5.74, 6) is 0.503. The summed E-state index contributed by atoms with van der Waals surface area (Å²) in [5.41, 5.74) is 3.22. The third kappa shape index (κ3) is 4.87. The molecule has 2 heterocycles. The number of halogens is 2. The van der Waals surface area contributed by atoms with Crippen LogP contribution < -0.4 is 14.2 Å². The van der Waals surface area contributed by atoms with Gasteiger partial charge in [0.1, 0.15) is 25.0 Å². The molecule has 0 aliphatic carbocycles. The summed E-state index contributed by atoms with van der Waals surface area (Å²) in [4.78, 5) is 24.0. The van der Waals surface area contributed by atoms with Crippen molar-refractivity contribution in [3.8, 4) is 17.2 Å². The topological polar surface area (TPSA) is 106 Å². The minimum absolute atomic E-state index is 0.0339. The summed E-state index contributed by atoms with van der Waals surface area (Å²) >= 11 is 12.0. The van der Waals surface area contributed by atoms with Gasteiger partial charge < -0.3 is 24.4 Å². The van der Waals surface area contributed by atoms with Gasteiger partial charge in [-0.15, -0.1) is 0 Å². The molecule has 3 aromatic rings. The van der Waals surface area contributed by atoms with Crippen molar-refractivity contribution < 1.29 is 34.0 Å². The molecule has 0 saturated heterocycles. The van der Waals surface area contributed by atoms with Gasteiger partial charge in [-0.2, -0.15) is 0 Å². The molecule has 2 aliphatic heterocycles. The van der Waals surface area contributed by atoms with Gasteiger partial charge in [-0.05, 0) is 58.7 Å². The van der Waals surface area contributed by atoms with Gasteiger partial charge in [0, 0.05) is 6.42 Å². The van der Waals surface area contributed by atoms with Crippen molar-refractivity contribution in [1.29, 1.82) is 0 Å². The summed E-state index contributed by atoms with van der Waals surface area (Å²) in [5, 5.41) is 19.8. The van der Waals surface area contributed by atoms with Crippen molar-refractivity contribution in [3.63, 3.8) is 0 Å². The molecule has 1 unspecified atom stereocenters. The van der Waals surface area contributed by atoms with E-state index in [4.69, 9.17) is 37.4 Å². The third-order valence-corrected chi connectivity index (χ3v) is 6.97. The highest BCUT2D eigenvalue weighted by atomic mass is 35.5. The second-order valence-corrected chi connectivity index (χ2v) is 9.37. The van der Waals surface area contributed by atoms with Gasteiger partial charge in [-0.1, -0.05) is 41.4 Å². The minimum atomic E-state index is -1.28. The lowest BCUT2D eigenvalue weighted by Gasteiger charge is -2.34. The molecule has 0 bridgehead atoms. The smallest absolute Gasteiger partial charge is 0.408 e. The molecule has 186 valence electrons. The van der Waals surface area contributed by atoms with Crippen LogP contribution in [0.1, 0.15) is 28.4 Å². The summed E-state index contributed by atoms with van der Waals surface area (Å²) < 4.78 is 17.9. The zero-order valence-electron chi connectivity index (χ0n) is 18.8. The van der Waals surface area contributed by atoms with Crippen LogP contribution >= 0.6 is 23.2 Å². The quantitative estimate of drug-likeness (QED) is 0.444. The Morgan fingerprint density at radius 1 is 0.972 bits per heavy atom. The maximum Gasteiger partial charge on any atom is 0.408 e. The molecular weight excluding hydrogens is 509 g/mol. The number of fused-ring (bicyclic) bond motifs is 2. The van der Waals surface area contributed by atoms with Crippen molar-refractivity contribution in [3.05, 3.63) is 86.9 Å². The van der Waals surface area contributed by atoms with E-state index in [9.17, 15) is 19.8 Å². The summed E-state index contributed by atoms with van der Waals surface area (Å²) in [7, 11) is 0. The van der Waals surface area contributed by atoms with E-state index < -0.39 is 18.1 Å². The van der Waals surface area contributed by atoms with E-state index in [-0.39, 0.29) is 25.7 Å². The van der Waals surface area contributed by atoms with Crippen molar-refractivity contribution in [2.45, 2.75) is 31.7 Å². The predicted octanol–water partition coefficient (Wildman–Crippen LogP) is 5.57. The lowest BCUT2D eigenvalue weighted by Crippen LogP contribution is -2.48. The fourth-order valence-electron chi connectivity index (χ4n) is 4.31. The Morgan fingerprint density at radius 3 is 2.42 bits per heavy atom. The van der Waals surface area contributed by atoms with Gasteiger partial charge >= 0.3 is 12.1 Å². The Kier molecular flexibility index (Phi) is 6.55. The summed E-state index contributed by atoms with van der Waals surface area (Å²) in [6.45, 7) is 0.584. The average Bonchev–Trinajstić information content (AvgIpc) is 2.87. The minimum Gasteiger partial charge on any atom is -0.489 e. The van der Waals surface area contributed by atoms with E-state index in [1.807, 2.05) is 30.3 Å². The Morgan fingerprint density at radius 2 is 1.72 bits per heavy atom. The fraction of sp³-hybridized carbons (Fsp3) is 0.231. The molecule has 1 amide bonds. The molecule has 0 saturated carbocycles. The number of carboxylic acids is 1.